The van der Waals surface area contributed by atoms with Gasteiger partial charge in [0.1, 0.15) is 26.4 Å². The summed E-state index contributed by atoms with van der Waals surface area (Å²) in [5, 5.41) is 0. The highest BCUT2D eigenvalue weighted by molar-refractivity contribution is 7.80. The second-order valence-electron chi connectivity index (χ2n) is 3.07. The predicted octanol–water partition coefficient (Wildman–Crippen LogP) is -0.937. The molecule has 2 aromatic rings. The Balaban J connectivity index is 2.74. The molecule has 0 unspecified atom stereocenters. The zero-order valence-electron chi connectivity index (χ0n) is 8.67. The number of carbonyl (C=O) groups is 1. The lowest BCUT2D eigenvalue weighted by atomic mass is 10.5. The van der Waals surface area contributed by atoms with Crippen LogP contribution in [0.15, 0.2) is 11.1 Å². The summed E-state index contributed by atoms with van der Waals surface area (Å²) in [5.41, 5.74) is 5.51. The maximum atomic E-state index is 11.8. The molecule has 0 spiro atoms. The first-order valence-corrected chi connectivity index (χ1v) is 5.66. The third-order valence-corrected chi connectivity index (χ3v) is 3.33. The van der Waals surface area contributed by atoms with Crippen LogP contribution in [0, 0.1) is 0 Å². The highest BCUT2D eigenvalue weighted by Gasteiger charge is 2.12. The van der Waals surface area contributed by atoms with E-state index in [4.69, 9.17) is 18.0 Å². The van der Waals surface area contributed by atoms with E-state index in [2.05, 4.69) is 9.72 Å². The molecule has 0 atom stereocenters. The molecule has 0 saturated heterocycles. The quantitative estimate of drug-likeness (QED) is 0.559. The van der Waals surface area contributed by atoms with Gasteiger partial charge in [-0.15, -0.1) is 11.3 Å². The minimum Gasteiger partial charge on any atom is -0.466 e. The van der Waals surface area contributed by atoms with Gasteiger partial charge in [0, 0.05) is 6.08 Å². The summed E-state index contributed by atoms with van der Waals surface area (Å²) in [7, 11) is 1.24. The number of thiazole rings is 1. The smallest absolute Gasteiger partial charge is 0.332 e. The first-order chi connectivity index (χ1) is 8.04. The predicted molar refractivity (Wildman–Crippen MR) is 66.9 cm³/mol. The molecule has 17 heavy (non-hydrogen) atoms. The van der Waals surface area contributed by atoms with Crippen LogP contribution in [-0.4, -0.2) is 27.5 Å². The highest BCUT2D eigenvalue weighted by atomic mass is 32.1. The highest BCUT2D eigenvalue weighted by Crippen LogP contribution is 2.09. The van der Waals surface area contributed by atoms with Crippen molar-refractivity contribution >= 4 is 45.4 Å². The molecule has 0 fully saturated rings. The molecule has 88 valence electrons. The van der Waals surface area contributed by atoms with E-state index in [0.29, 0.717) is 10.5 Å². The summed E-state index contributed by atoms with van der Waals surface area (Å²) in [5.74, 6) is -0.587. The number of hydrogen-bond donors (Lipinski definition) is 1. The van der Waals surface area contributed by atoms with Gasteiger partial charge < -0.3 is 10.5 Å². The Morgan fingerprint density at radius 2 is 2.41 bits per heavy atom. The number of methoxy groups -OCH3 is 1. The number of ether oxygens (including phenoxy) is 1. The van der Waals surface area contributed by atoms with Crippen LogP contribution in [0.5, 0.6) is 0 Å². The Morgan fingerprint density at radius 3 is 3.00 bits per heavy atom. The Hall–Kier alpha value is -1.80. The van der Waals surface area contributed by atoms with Gasteiger partial charge in [0.05, 0.1) is 7.11 Å². The van der Waals surface area contributed by atoms with Crippen molar-refractivity contribution in [1.82, 2.24) is 9.38 Å². The number of nitrogens with two attached hydrogens (primary N) is 1. The van der Waals surface area contributed by atoms with Crippen molar-refractivity contribution in [3.63, 3.8) is 0 Å². The topological polar surface area (TPSA) is 86.7 Å². The van der Waals surface area contributed by atoms with Crippen LogP contribution in [0.25, 0.3) is 10.9 Å². The molecule has 0 aliphatic heterocycles. The molecule has 2 aromatic heterocycles. The number of fused-ring (bicyclic) bond motifs is 1. The molecular formula is C9H7N3O3S2. The molecule has 0 saturated carbocycles. The van der Waals surface area contributed by atoms with Crippen molar-refractivity contribution in [3.8, 4) is 0 Å². The molecule has 8 heteroatoms. The van der Waals surface area contributed by atoms with Crippen molar-refractivity contribution in [2.45, 2.75) is 0 Å². The van der Waals surface area contributed by atoms with Gasteiger partial charge in [-0.05, 0) is 0 Å². The van der Waals surface area contributed by atoms with E-state index in [1.54, 1.807) is 0 Å². The number of thiocarbonyl (C=S) groups is 1. The number of esters is 1. The van der Waals surface area contributed by atoms with Gasteiger partial charge >= 0.3 is 5.97 Å². The Morgan fingerprint density at radius 1 is 1.71 bits per heavy atom. The van der Waals surface area contributed by atoms with E-state index in [1.807, 2.05) is 0 Å². The Bertz CT molecular complexity index is 716. The van der Waals surface area contributed by atoms with Crippen LogP contribution >= 0.6 is 23.6 Å². The molecule has 2 heterocycles. The maximum Gasteiger partial charge on any atom is 0.332 e. The van der Waals surface area contributed by atoms with E-state index < -0.39 is 5.97 Å². The van der Waals surface area contributed by atoms with E-state index in [1.165, 1.54) is 17.8 Å². The Labute approximate surface area is 104 Å². The summed E-state index contributed by atoms with van der Waals surface area (Å²) >= 11 is 5.90. The van der Waals surface area contributed by atoms with Crippen molar-refractivity contribution in [1.29, 1.82) is 0 Å². The van der Waals surface area contributed by atoms with Gasteiger partial charge in [0.2, 0.25) is 0 Å². The fourth-order valence-electron chi connectivity index (χ4n) is 1.27. The number of aromatic nitrogens is 2. The van der Waals surface area contributed by atoms with Crippen LogP contribution < -0.4 is 15.8 Å². The van der Waals surface area contributed by atoms with E-state index in [0.717, 1.165) is 17.4 Å². The van der Waals surface area contributed by atoms with Crippen LogP contribution in [-0.2, 0) is 9.53 Å². The van der Waals surface area contributed by atoms with Gasteiger partial charge in [-0.2, -0.15) is 0 Å². The number of imidazole rings is 1. The summed E-state index contributed by atoms with van der Waals surface area (Å²) in [6.07, 6.45) is 2.46. The molecule has 2 N–H and O–H groups in total. The van der Waals surface area contributed by atoms with Crippen LogP contribution in [0.4, 0.5) is 0 Å². The van der Waals surface area contributed by atoms with E-state index >= 15 is 0 Å². The maximum absolute atomic E-state index is 11.8. The minimum absolute atomic E-state index is 0.110. The lowest BCUT2D eigenvalue weighted by Crippen LogP contribution is -2.23. The summed E-state index contributed by atoms with van der Waals surface area (Å²) in [4.78, 5) is 27.5. The largest absolute Gasteiger partial charge is 0.466 e. The van der Waals surface area contributed by atoms with Crippen molar-refractivity contribution < 1.29 is 9.53 Å². The summed E-state index contributed by atoms with van der Waals surface area (Å²) in [6.45, 7) is 0. The second kappa shape index (κ2) is 4.22. The van der Waals surface area contributed by atoms with Crippen LogP contribution in [0.2, 0.25) is 0 Å². The molecule has 0 amide bonds. The number of rotatable bonds is 2. The molecule has 6 nitrogen and oxygen atoms in total. The molecule has 0 aromatic carbocycles. The van der Waals surface area contributed by atoms with E-state index in [-0.39, 0.29) is 15.1 Å². The van der Waals surface area contributed by atoms with Gasteiger partial charge in [-0.1, -0.05) is 12.2 Å². The van der Waals surface area contributed by atoms with Crippen molar-refractivity contribution in [2.24, 2.45) is 5.73 Å². The van der Waals surface area contributed by atoms with Gasteiger partial charge in [0.25, 0.3) is 5.56 Å². The first-order valence-electron chi connectivity index (χ1n) is 4.44. The van der Waals surface area contributed by atoms with Gasteiger partial charge in [-0.25, -0.2) is 9.78 Å². The second-order valence-corrected chi connectivity index (χ2v) is 4.54. The number of hydrogen-bond acceptors (Lipinski definition) is 6. The van der Waals surface area contributed by atoms with Crippen LogP contribution in [0.3, 0.4) is 0 Å². The molecule has 0 bridgehead atoms. The third-order valence-electron chi connectivity index (χ3n) is 2.04. The fourth-order valence-corrected chi connectivity index (χ4v) is 2.52. The van der Waals surface area contributed by atoms with E-state index in [9.17, 15) is 9.59 Å². The lowest BCUT2D eigenvalue weighted by molar-refractivity contribution is -0.133. The Kier molecular flexibility index (Phi) is 2.90. The molecular weight excluding hydrogens is 262 g/mol. The minimum atomic E-state index is -0.587. The van der Waals surface area contributed by atoms with Gasteiger partial charge in [-0.3, -0.25) is 9.20 Å². The zero-order chi connectivity index (χ0) is 12.6. The molecule has 0 aliphatic rings. The van der Waals surface area contributed by atoms with Crippen LogP contribution in [0.1, 0.15) is 5.69 Å². The fraction of sp³-hybridized carbons (Fsp3) is 0.111. The monoisotopic (exact) mass is 269 g/mol. The van der Waals surface area contributed by atoms with Gasteiger partial charge in [0.15, 0.2) is 0 Å². The number of nitrogens with zero attached hydrogens (tertiary/aromatic N) is 2. The third kappa shape index (κ3) is 1.92. The molecule has 0 radical (unpaired) electrons. The number of carbonyl (C=O) groups excluding carboxylic acids is 1. The first kappa shape index (κ1) is 11.7. The average Bonchev–Trinajstić information content (AvgIpc) is 2.81. The lowest BCUT2D eigenvalue weighted by Gasteiger charge is -1.87. The SMILES string of the molecule is COC(=O)/C=c1\sc2c(C(N)=S)ncn2c1=O. The normalized spacial score (nSPS) is 11.9. The summed E-state index contributed by atoms with van der Waals surface area (Å²) in [6, 6.07) is 0. The zero-order valence-corrected chi connectivity index (χ0v) is 10.3. The standard InChI is InChI=1S/C9H7N3O3S2/c1-15-5(13)2-4-8(14)12-3-11-6(7(10)16)9(12)17-4/h2-3H,1H3,(H2,10,16)/b4-2-. The molecule has 0 aliphatic carbocycles. The average molecular weight is 269 g/mol. The molecule has 2 rings (SSSR count). The van der Waals surface area contributed by atoms with Crippen molar-refractivity contribution in [2.75, 3.05) is 7.11 Å². The van der Waals surface area contributed by atoms with Crippen molar-refractivity contribution in [3.05, 3.63) is 26.9 Å². The summed E-state index contributed by atoms with van der Waals surface area (Å²) < 4.78 is 6.01.